The lowest BCUT2D eigenvalue weighted by Crippen LogP contribution is -2.34. The SMILES string of the molecule is CCc1ccc(C2C(C(=O)CCc3ccc(OC)cc3)=C(C)NC3=C2C(=O)CCC3)cc1. The molecule has 0 spiro atoms. The zero-order valence-electron chi connectivity index (χ0n) is 19.2. The zero-order chi connectivity index (χ0) is 22.7. The maximum absolute atomic E-state index is 13.5. The number of carbonyl (C=O) groups is 2. The van der Waals surface area contributed by atoms with E-state index in [2.05, 4.69) is 36.5 Å². The Hall–Kier alpha value is -3.14. The Morgan fingerprint density at radius 2 is 1.72 bits per heavy atom. The number of hydrogen-bond donors (Lipinski definition) is 1. The molecule has 0 fully saturated rings. The summed E-state index contributed by atoms with van der Waals surface area (Å²) in [5.74, 6) is 0.783. The molecule has 1 atom stereocenters. The first-order valence-electron chi connectivity index (χ1n) is 11.5. The Balaban J connectivity index is 1.65. The van der Waals surface area contributed by atoms with Gasteiger partial charge in [0.1, 0.15) is 5.75 Å². The van der Waals surface area contributed by atoms with Crippen LogP contribution in [0.4, 0.5) is 0 Å². The van der Waals surface area contributed by atoms with Crippen LogP contribution in [0.2, 0.25) is 0 Å². The van der Waals surface area contributed by atoms with Gasteiger partial charge in [0.2, 0.25) is 0 Å². The van der Waals surface area contributed by atoms with Crippen LogP contribution in [0.5, 0.6) is 5.75 Å². The monoisotopic (exact) mass is 429 g/mol. The summed E-state index contributed by atoms with van der Waals surface area (Å²) in [7, 11) is 1.65. The summed E-state index contributed by atoms with van der Waals surface area (Å²) in [6, 6.07) is 16.2. The van der Waals surface area contributed by atoms with E-state index in [9.17, 15) is 9.59 Å². The molecular formula is C28H31NO3. The van der Waals surface area contributed by atoms with Gasteiger partial charge in [-0.05, 0) is 61.4 Å². The molecule has 4 rings (SSSR count). The minimum absolute atomic E-state index is 0.0975. The van der Waals surface area contributed by atoms with E-state index < -0.39 is 0 Å². The molecule has 1 N–H and O–H groups in total. The van der Waals surface area contributed by atoms with Gasteiger partial charge in [-0.15, -0.1) is 0 Å². The number of hydrogen-bond acceptors (Lipinski definition) is 4. The summed E-state index contributed by atoms with van der Waals surface area (Å²) in [6.07, 6.45) is 4.29. The van der Waals surface area contributed by atoms with Gasteiger partial charge in [-0.25, -0.2) is 0 Å². The van der Waals surface area contributed by atoms with Crippen LogP contribution in [-0.4, -0.2) is 18.7 Å². The number of aryl methyl sites for hydroxylation is 2. The van der Waals surface area contributed by atoms with Crippen molar-refractivity contribution in [1.82, 2.24) is 5.32 Å². The van der Waals surface area contributed by atoms with Crippen molar-refractivity contribution in [2.24, 2.45) is 0 Å². The van der Waals surface area contributed by atoms with Crippen molar-refractivity contribution in [3.8, 4) is 5.75 Å². The van der Waals surface area contributed by atoms with E-state index >= 15 is 0 Å². The van der Waals surface area contributed by atoms with Gasteiger partial charge in [-0.1, -0.05) is 43.3 Å². The molecule has 1 aliphatic carbocycles. The summed E-state index contributed by atoms with van der Waals surface area (Å²) < 4.78 is 5.22. The average Bonchev–Trinajstić information content (AvgIpc) is 2.82. The maximum Gasteiger partial charge on any atom is 0.161 e. The number of nitrogens with one attached hydrogen (secondary N) is 1. The fourth-order valence-corrected chi connectivity index (χ4v) is 4.82. The summed E-state index contributed by atoms with van der Waals surface area (Å²) in [4.78, 5) is 26.5. The molecule has 2 aliphatic rings. The second kappa shape index (κ2) is 9.56. The third-order valence-electron chi connectivity index (χ3n) is 6.60. The van der Waals surface area contributed by atoms with E-state index in [1.807, 2.05) is 31.2 Å². The van der Waals surface area contributed by atoms with Crippen molar-refractivity contribution >= 4 is 11.6 Å². The first-order valence-corrected chi connectivity index (χ1v) is 11.5. The molecule has 0 saturated carbocycles. The summed E-state index contributed by atoms with van der Waals surface area (Å²) in [5, 5.41) is 3.42. The van der Waals surface area contributed by atoms with Crippen molar-refractivity contribution < 1.29 is 14.3 Å². The van der Waals surface area contributed by atoms with E-state index in [1.165, 1.54) is 5.56 Å². The van der Waals surface area contributed by atoms with Crippen molar-refractivity contribution in [2.75, 3.05) is 7.11 Å². The quantitative estimate of drug-likeness (QED) is 0.638. The molecule has 32 heavy (non-hydrogen) atoms. The highest BCUT2D eigenvalue weighted by Gasteiger charge is 2.37. The minimum atomic E-state index is -0.284. The van der Waals surface area contributed by atoms with Crippen LogP contribution in [-0.2, 0) is 22.4 Å². The van der Waals surface area contributed by atoms with E-state index in [-0.39, 0.29) is 17.5 Å². The number of ether oxygens (including phenoxy) is 1. The molecule has 4 heteroatoms. The highest BCUT2D eigenvalue weighted by atomic mass is 16.5. The van der Waals surface area contributed by atoms with Crippen LogP contribution in [0.1, 0.15) is 62.1 Å². The lowest BCUT2D eigenvalue weighted by molar-refractivity contribution is -0.116. The molecule has 0 aromatic heterocycles. The molecule has 1 aliphatic heterocycles. The normalized spacial score (nSPS) is 18.3. The Labute approximate surface area is 190 Å². The minimum Gasteiger partial charge on any atom is -0.497 e. The summed E-state index contributed by atoms with van der Waals surface area (Å²) in [6.45, 7) is 4.10. The molecular weight excluding hydrogens is 398 g/mol. The van der Waals surface area contributed by atoms with Gasteiger partial charge in [0.25, 0.3) is 0 Å². The number of ketones is 2. The highest BCUT2D eigenvalue weighted by molar-refractivity contribution is 6.05. The highest BCUT2D eigenvalue weighted by Crippen LogP contribution is 2.42. The lowest BCUT2D eigenvalue weighted by atomic mass is 9.73. The van der Waals surface area contributed by atoms with Gasteiger partial charge in [-0.2, -0.15) is 0 Å². The number of methoxy groups -OCH3 is 1. The van der Waals surface area contributed by atoms with Crippen molar-refractivity contribution in [2.45, 2.75) is 58.3 Å². The van der Waals surface area contributed by atoms with Crippen molar-refractivity contribution in [3.05, 3.63) is 87.8 Å². The molecule has 0 amide bonds. The fraction of sp³-hybridized carbons (Fsp3) is 0.357. The van der Waals surface area contributed by atoms with Gasteiger partial charge >= 0.3 is 0 Å². The second-order valence-corrected chi connectivity index (χ2v) is 8.63. The molecule has 0 saturated heterocycles. The van der Waals surface area contributed by atoms with E-state index in [4.69, 9.17) is 4.74 Å². The van der Waals surface area contributed by atoms with Crippen molar-refractivity contribution in [1.29, 1.82) is 0 Å². The molecule has 4 nitrogen and oxygen atoms in total. The Morgan fingerprint density at radius 3 is 2.38 bits per heavy atom. The smallest absolute Gasteiger partial charge is 0.161 e. The molecule has 0 radical (unpaired) electrons. The van der Waals surface area contributed by atoms with Gasteiger partial charge < -0.3 is 10.1 Å². The summed E-state index contributed by atoms with van der Waals surface area (Å²) >= 11 is 0. The Kier molecular flexibility index (Phi) is 6.59. The first-order chi connectivity index (χ1) is 15.5. The molecule has 2 aromatic rings. The number of rotatable bonds is 7. The second-order valence-electron chi connectivity index (χ2n) is 8.63. The van der Waals surface area contributed by atoms with E-state index in [0.717, 1.165) is 58.7 Å². The zero-order valence-corrected chi connectivity index (χ0v) is 19.2. The third kappa shape index (κ3) is 4.40. The van der Waals surface area contributed by atoms with Gasteiger partial charge in [0.05, 0.1) is 7.11 Å². The van der Waals surface area contributed by atoms with Crippen LogP contribution in [0, 0.1) is 0 Å². The standard InChI is InChI=1S/C28H31NO3/c1-4-19-8-13-21(14-9-19)27-26(18(2)29-23-6-5-7-24(30)28(23)27)25(31)17-12-20-10-15-22(32-3)16-11-20/h8-11,13-16,27,29H,4-7,12,17H2,1-3H3. The number of dihydropyridines is 1. The van der Waals surface area contributed by atoms with Gasteiger partial charge in [-0.3, -0.25) is 9.59 Å². The topological polar surface area (TPSA) is 55.4 Å². The maximum atomic E-state index is 13.5. The Morgan fingerprint density at radius 1 is 1.03 bits per heavy atom. The molecule has 1 unspecified atom stereocenters. The molecule has 166 valence electrons. The predicted molar refractivity (Wildman–Crippen MR) is 127 cm³/mol. The van der Waals surface area contributed by atoms with Crippen LogP contribution in [0.25, 0.3) is 0 Å². The number of allylic oxidation sites excluding steroid dienone is 4. The largest absolute Gasteiger partial charge is 0.497 e. The van der Waals surface area contributed by atoms with Crippen LogP contribution in [0.15, 0.2) is 71.1 Å². The summed E-state index contributed by atoms with van der Waals surface area (Å²) in [5.41, 5.74) is 6.77. The van der Waals surface area contributed by atoms with E-state index in [0.29, 0.717) is 19.3 Å². The van der Waals surface area contributed by atoms with E-state index in [1.54, 1.807) is 7.11 Å². The number of Topliss-reactive ketones (excluding diaryl/α,β-unsaturated/α-hetero) is 2. The fourth-order valence-electron chi connectivity index (χ4n) is 4.82. The molecule has 1 heterocycles. The lowest BCUT2D eigenvalue weighted by Gasteiger charge is -2.34. The first kappa shape index (κ1) is 22.1. The average molecular weight is 430 g/mol. The number of carbonyl (C=O) groups excluding carboxylic acids is 2. The third-order valence-corrected chi connectivity index (χ3v) is 6.60. The van der Waals surface area contributed by atoms with Gasteiger partial charge in [0, 0.05) is 41.3 Å². The number of benzene rings is 2. The van der Waals surface area contributed by atoms with Crippen molar-refractivity contribution in [3.63, 3.8) is 0 Å². The molecule has 0 bridgehead atoms. The predicted octanol–water partition coefficient (Wildman–Crippen LogP) is 5.43. The Bertz CT molecular complexity index is 1070. The van der Waals surface area contributed by atoms with Crippen LogP contribution < -0.4 is 10.1 Å². The van der Waals surface area contributed by atoms with Crippen LogP contribution >= 0.6 is 0 Å². The molecule has 2 aromatic carbocycles. The van der Waals surface area contributed by atoms with Gasteiger partial charge in [0.15, 0.2) is 11.6 Å². The van der Waals surface area contributed by atoms with Crippen LogP contribution in [0.3, 0.4) is 0 Å².